The topological polar surface area (TPSA) is 57.5 Å². The van der Waals surface area contributed by atoms with Crippen LogP contribution in [0.15, 0.2) is 0 Å². The fourth-order valence-electron chi connectivity index (χ4n) is 0.820. The van der Waals surface area contributed by atoms with E-state index >= 15 is 0 Å². The van der Waals surface area contributed by atoms with E-state index in [4.69, 9.17) is 9.79 Å². The number of hydrogen-bond acceptors (Lipinski definition) is 1. The van der Waals surface area contributed by atoms with Crippen LogP contribution in [0, 0.1) is 0 Å². The van der Waals surface area contributed by atoms with E-state index in [0.717, 1.165) is 0 Å². The molecular weight excluding hydrogens is 208 g/mol. The standard InChI is InChI=1S/C6H12F3O3P/c7-6(8,9)4-2-1-3-5-13(10,11)12/h1-5H2,(H2,10,11,12). The highest BCUT2D eigenvalue weighted by molar-refractivity contribution is 7.51. The van der Waals surface area contributed by atoms with Gasteiger partial charge in [0, 0.05) is 12.6 Å². The molecule has 0 aliphatic carbocycles. The Kier molecular flexibility index (Phi) is 4.96. The van der Waals surface area contributed by atoms with Gasteiger partial charge in [-0.05, 0) is 12.8 Å². The predicted molar refractivity (Wildman–Crippen MR) is 41.4 cm³/mol. The molecule has 0 aromatic carbocycles. The van der Waals surface area contributed by atoms with E-state index < -0.39 is 20.2 Å². The van der Waals surface area contributed by atoms with E-state index in [1.165, 1.54) is 0 Å². The van der Waals surface area contributed by atoms with Crippen molar-refractivity contribution in [3.05, 3.63) is 0 Å². The molecule has 0 radical (unpaired) electrons. The maximum Gasteiger partial charge on any atom is 0.389 e. The second-order valence-electron chi connectivity index (χ2n) is 2.81. The van der Waals surface area contributed by atoms with Gasteiger partial charge < -0.3 is 9.79 Å². The van der Waals surface area contributed by atoms with Gasteiger partial charge in [0.1, 0.15) is 0 Å². The van der Waals surface area contributed by atoms with Gasteiger partial charge in [0.15, 0.2) is 0 Å². The number of unbranched alkanes of at least 4 members (excludes halogenated alkanes) is 2. The van der Waals surface area contributed by atoms with Crippen LogP contribution in [-0.2, 0) is 4.57 Å². The molecule has 0 spiro atoms. The largest absolute Gasteiger partial charge is 0.389 e. The highest BCUT2D eigenvalue weighted by atomic mass is 31.2. The summed E-state index contributed by atoms with van der Waals surface area (Å²) in [4.78, 5) is 16.7. The van der Waals surface area contributed by atoms with E-state index in [0.29, 0.717) is 0 Å². The van der Waals surface area contributed by atoms with Gasteiger partial charge in [-0.15, -0.1) is 0 Å². The second kappa shape index (κ2) is 4.98. The Labute approximate surface area is 74.1 Å². The quantitative estimate of drug-likeness (QED) is 0.552. The van der Waals surface area contributed by atoms with Crippen molar-refractivity contribution < 1.29 is 27.5 Å². The maximum atomic E-state index is 11.6. The first-order valence-electron chi connectivity index (χ1n) is 3.82. The summed E-state index contributed by atoms with van der Waals surface area (Å²) in [6.07, 6.45) is -5.10. The average Bonchev–Trinajstić information content (AvgIpc) is 1.81. The lowest BCUT2D eigenvalue weighted by Crippen LogP contribution is -2.06. The summed E-state index contributed by atoms with van der Waals surface area (Å²) in [6.45, 7) is 0. The van der Waals surface area contributed by atoms with Gasteiger partial charge in [-0.3, -0.25) is 4.57 Å². The van der Waals surface area contributed by atoms with Gasteiger partial charge in [0.25, 0.3) is 0 Å². The third-order valence-electron chi connectivity index (χ3n) is 1.41. The second-order valence-corrected chi connectivity index (χ2v) is 4.59. The first-order chi connectivity index (χ1) is 5.71. The predicted octanol–water partition coefficient (Wildman–Crippen LogP) is 2.29. The SMILES string of the molecule is O=P(O)(O)CCCCCC(F)(F)F. The van der Waals surface area contributed by atoms with Crippen molar-refractivity contribution in [3.8, 4) is 0 Å². The van der Waals surface area contributed by atoms with Crippen LogP contribution in [0.4, 0.5) is 13.2 Å². The monoisotopic (exact) mass is 220 g/mol. The fourth-order valence-corrected chi connectivity index (χ4v) is 1.46. The van der Waals surface area contributed by atoms with Crippen molar-refractivity contribution in [1.82, 2.24) is 0 Å². The molecule has 0 amide bonds. The molecule has 7 heteroatoms. The summed E-state index contributed by atoms with van der Waals surface area (Å²) in [6, 6.07) is 0. The molecule has 0 aromatic rings. The molecule has 0 unspecified atom stereocenters. The van der Waals surface area contributed by atoms with Crippen molar-refractivity contribution in [2.45, 2.75) is 31.9 Å². The lowest BCUT2D eigenvalue weighted by molar-refractivity contribution is -0.135. The van der Waals surface area contributed by atoms with E-state index in [-0.39, 0.29) is 25.4 Å². The Morgan fingerprint density at radius 1 is 1.08 bits per heavy atom. The molecule has 0 saturated carbocycles. The first kappa shape index (κ1) is 12.9. The minimum Gasteiger partial charge on any atom is -0.324 e. The molecule has 80 valence electrons. The van der Waals surface area contributed by atoms with Crippen LogP contribution >= 0.6 is 7.60 Å². The summed E-state index contributed by atoms with van der Waals surface area (Å²) < 4.78 is 45.0. The van der Waals surface area contributed by atoms with Crippen molar-refractivity contribution in [1.29, 1.82) is 0 Å². The molecule has 0 aliphatic rings. The zero-order chi connectivity index (χ0) is 10.5. The number of rotatable bonds is 5. The third-order valence-corrected chi connectivity index (χ3v) is 2.31. The van der Waals surface area contributed by atoms with Crippen LogP contribution in [-0.4, -0.2) is 22.1 Å². The highest BCUT2D eigenvalue weighted by Gasteiger charge is 2.25. The molecule has 0 saturated heterocycles. The summed E-state index contributed by atoms with van der Waals surface area (Å²) in [5.41, 5.74) is 0. The summed E-state index contributed by atoms with van der Waals surface area (Å²) in [7, 11) is -4.03. The average molecular weight is 220 g/mol. The van der Waals surface area contributed by atoms with E-state index in [1.807, 2.05) is 0 Å². The third kappa shape index (κ3) is 11.9. The molecule has 0 aromatic heterocycles. The minimum absolute atomic E-state index is 0.0660. The highest BCUT2D eigenvalue weighted by Crippen LogP contribution is 2.35. The van der Waals surface area contributed by atoms with Gasteiger partial charge in [-0.25, -0.2) is 0 Å². The maximum absolute atomic E-state index is 11.6. The summed E-state index contributed by atoms with van der Waals surface area (Å²) in [5, 5.41) is 0. The van der Waals surface area contributed by atoms with Crippen molar-refractivity contribution >= 4 is 7.60 Å². The molecule has 2 N–H and O–H groups in total. The molecular formula is C6H12F3O3P. The van der Waals surface area contributed by atoms with Crippen LogP contribution in [0.1, 0.15) is 25.7 Å². The van der Waals surface area contributed by atoms with Gasteiger partial charge in [-0.2, -0.15) is 13.2 Å². The normalized spacial score (nSPS) is 13.3. The number of halogens is 3. The zero-order valence-electron chi connectivity index (χ0n) is 6.92. The summed E-state index contributed by atoms with van der Waals surface area (Å²) >= 11 is 0. The van der Waals surface area contributed by atoms with Crippen LogP contribution in [0.5, 0.6) is 0 Å². The molecule has 0 fully saturated rings. The Morgan fingerprint density at radius 2 is 1.62 bits per heavy atom. The van der Waals surface area contributed by atoms with Crippen LogP contribution < -0.4 is 0 Å². The fraction of sp³-hybridized carbons (Fsp3) is 1.00. The molecule has 0 atom stereocenters. The lowest BCUT2D eigenvalue weighted by Gasteiger charge is -2.06. The molecule has 3 nitrogen and oxygen atoms in total. The molecule has 0 heterocycles. The van der Waals surface area contributed by atoms with Gasteiger partial charge in [0.2, 0.25) is 0 Å². The van der Waals surface area contributed by atoms with Crippen molar-refractivity contribution in [2.75, 3.05) is 6.16 Å². The van der Waals surface area contributed by atoms with Crippen LogP contribution in [0.25, 0.3) is 0 Å². The Hall–Kier alpha value is -0.0600. The van der Waals surface area contributed by atoms with E-state index in [2.05, 4.69) is 0 Å². The van der Waals surface area contributed by atoms with Gasteiger partial charge in [-0.1, -0.05) is 6.42 Å². The first-order valence-corrected chi connectivity index (χ1v) is 5.62. The van der Waals surface area contributed by atoms with Gasteiger partial charge in [0.05, 0.1) is 0 Å². The van der Waals surface area contributed by atoms with Crippen molar-refractivity contribution in [2.24, 2.45) is 0 Å². The summed E-state index contributed by atoms with van der Waals surface area (Å²) in [5.74, 6) is 0. The number of hydrogen-bond donors (Lipinski definition) is 2. The van der Waals surface area contributed by atoms with Crippen molar-refractivity contribution in [3.63, 3.8) is 0 Å². The van der Waals surface area contributed by atoms with Crippen LogP contribution in [0.3, 0.4) is 0 Å². The minimum atomic E-state index is -4.16. The Bertz CT molecular complexity index is 186. The smallest absolute Gasteiger partial charge is 0.324 e. The molecule has 0 bridgehead atoms. The number of alkyl halides is 3. The molecule has 0 aliphatic heterocycles. The zero-order valence-corrected chi connectivity index (χ0v) is 7.81. The van der Waals surface area contributed by atoms with Crippen LogP contribution in [0.2, 0.25) is 0 Å². The Balaban J connectivity index is 3.33. The lowest BCUT2D eigenvalue weighted by atomic mass is 10.2. The van der Waals surface area contributed by atoms with Gasteiger partial charge >= 0.3 is 13.8 Å². The van der Waals surface area contributed by atoms with E-state index in [1.54, 1.807) is 0 Å². The van der Waals surface area contributed by atoms with E-state index in [9.17, 15) is 17.7 Å². The Morgan fingerprint density at radius 3 is 2.00 bits per heavy atom. The molecule has 0 rings (SSSR count). The molecule has 13 heavy (non-hydrogen) atoms.